The molecule has 2 aromatic carbocycles. The molecule has 2 aromatic rings. The molecule has 0 spiro atoms. The van der Waals surface area contributed by atoms with Crippen molar-refractivity contribution in [1.29, 1.82) is 0 Å². The van der Waals surface area contributed by atoms with Gasteiger partial charge in [0.25, 0.3) is 0 Å². The quantitative estimate of drug-likeness (QED) is 0.420. The molecule has 1 aliphatic heterocycles. The fraction of sp³-hybridized carbons (Fsp3) is 0.238. The summed E-state index contributed by atoms with van der Waals surface area (Å²) in [5.74, 6) is -0.716. The van der Waals surface area contributed by atoms with Crippen LogP contribution >= 0.6 is 0 Å². The number of amides is 1. The Balaban J connectivity index is 1.62. The van der Waals surface area contributed by atoms with E-state index in [2.05, 4.69) is 10.6 Å². The van der Waals surface area contributed by atoms with E-state index in [4.69, 9.17) is 0 Å². The van der Waals surface area contributed by atoms with Crippen molar-refractivity contribution < 1.29 is 24.9 Å². The number of fused-ring (bicyclic) bond motifs is 3. The summed E-state index contributed by atoms with van der Waals surface area (Å²) in [7, 11) is 0. The average Bonchev–Trinajstić information content (AvgIpc) is 2.98. The van der Waals surface area contributed by atoms with Crippen LogP contribution in [0.15, 0.2) is 54.2 Å². The highest BCUT2D eigenvalue weighted by Crippen LogP contribution is 2.39. The van der Waals surface area contributed by atoms with Crippen LogP contribution in [0.1, 0.15) is 22.8 Å². The number of hydrogen-bond acceptors (Lipinski definition) is 6. The zero-order valence-electron chi connectivity index (χ0n) is 15.1. The van der Waals surface area contributed by atoms with Gasteiger partial charge in [0, 0.05) is 17.3 Å². The summed E-state index contributed by atoms with van der Waals surface area (Å²) < 4.78 is 0. The molecule has 1 aliphatic carbocycles. The Morgan fingerprint density at radius 2 is 1.68 bits per heavy atom. The van der Waals surface area contributed by atoms with E-state index in [0.29, 0.717) is 16.8 Å². The van der Waals surface area contributed by atoms with Crippen LogP contribution in [-0.2, 0) is 4.79 Å². The van der Waals surface area contributed by atoms with E-state index in [1.807, 2.05) is 18.2 Å². The Bertz CT molecular complexity index is 1000. The number of anilines is 1. The number of carbonyl (C=O) groups is 2. The second-order valence-electron chi connectivity index (χ2n) is 7.05. The van der Waals surface area contributed by atoms with Crippen molar-refractivity contribution >= 4 is 17.4 Å². The third-order valence-corrected chi connectivity index (χ3v) is 5.20. The van der Waals surface area contributed by atoms with Crippen LogP contribution in [0.5, 0.6) is 0 Å². The number of aliphatic hydroxyl groups excluding tert-OH is 3. The summed E-state index contributed by atoms with van der Waals surface area (Å²) in [6.45, 7) is 1.63. The number of rotatable bonds is 2. The van der Waals surface area contributed by atoms with Crippen molar-refractivity contribution in [2.75, 3.05) is 5.32 Å². The van der Waals surface area contributed by atoms with Crippen molar-refractivity contribution in [2.45, 2.75) is 31.3 Å². The van der Waals surface area contributed by atoms with Crippen molar-refractivity contribution in [2.24, 2.45) is 0 Å². The van der Waals surface area contributed by atoms with Crippen molar-refractivity contribution in [1.82, 2.24) is 5.32 Å². The van der Waals surface area contributed by atoms with Gasteiger partial charge < -0.3 is 26.0 Å². The zero-order valence-corrected chi connectivity index (χ0v) is 15.1. The first-order valence-electron chi connectivity index (χ1n) is 8.99. The van der Waals surface area contributed by atoms with E-state index < -0.39 is 30.3 Å². The molecule has 5 N–H and O–H groups in total. The topological polar surface area (TPSA) is 119 Å². The minimum Gasteiger partial charge on any atom is -0.388 e. The molecule has 1 saturated heterocycles. The summed E-state index contributed by atoms with van der Waals surface area (Å²) in [6, 6.07) is 12.0. The Morgan fingerprint density at radius 3 is 2.43 bits per heavy atom. The Kier molecular flexibility index (Phi) is 4.50. The third kappa shape index (κ3) is 2.90. The fourth-order valence-electron chi connectivity index (χ4n) is 3.71. The van der Waals surface area contributed by atoms with Gasteiger partial charge in [0.2, 0.25) is 5.91 Å². The van der Waals surface area contributed by atoms with E-state index in [1.165, 1.54) is 0 Å². The molecular formula is C21H20N2O5. The molecular weight excluding hydrogens is 360 g/mol. The van der Waals surface area contributed by atoms with Gasteiger partial charge in [-0.2, -0.15) is 0 Å². The standard InChI is InChI=1S/C21H20N2O5/c1-10-18(25)21(28)20(27)15(22-10)9-16(24)23-14-8-4-7-12-11-5-2-3-6-13(11)19(26)17(12)14/h2-10,18,20-22,25,27-28H,1H3,(H,23,24)/b15-9+/t10-,18+,20+,21+/m0/s1. The smallest absolute Gasteiger partial charge is 0.250 e. The van der Waals surface area contributed by atoms with Gasteiger partial charge in [0.15, 0.2) is 5.78 Å². The first-order chi connectivity index (χ1) is 13.4. The Labute approximate surface area is 161 Å². The van der Waals surface area contributed by atoms with E-state index in [9.17, 15) is 24.9 Å². The van der Waals surface area contributed by atoms with E-state index in [0.717, 1.165) is 17.2 Å². The van der Waals surface area contributed by atoms with Gasteiger partial charge in [0.1, 0.15) is 18.3 Å². The van der Waals surface area contributed by atoms with Crippen LogP contribution < -0.4 is 10.6 Å². The van der Waals surface area contributed by atoms with Crippen molar-refractivity contribution in [3.05, 3.63) is 65.4 Å². The third-order valence-electron chi connectivity index (χ3n) is 5.20. The number of piperidine rings is 1. The lowest BCUT2D eigenvalue weighted by Gasteiger charge is -2.36. The molecule has 0 saturated carbocycles. The van der Waals surface area contributed by atoms with E-state index in [1.54, 1.807) is 31.2 Å². The molecule has 1 heterocycles. The summed E-state index contributed by atoms with van der Waals surface area (Å²) >= 11 is 0. The number of carbonyl (C=O) groups excluding carboxylic acids is 2. The highest BCUT2D eigenvalue weighted by Gasteiger charge is 2.37. The lowest BCUT2D eigenvalue weighted by atomic mass is 9.94. The number of hydrogen-bond donors (Lipinski definition) is 5. The van der Waals surface area contributed by atoms with Gasteiger partial charge in [0.05, 0.1) is 17.3 Å². The molecule has 4 atom stereocenters. The van der Waals surface area contributed by atoms with E-state index in [-0.39, 0.29) is 11.5 Å². The predicted octanol–water partition coefficient (Wildman–Crippen LogP) is 0.795. The van der Waals surface area contributed by atoms with Gasteiger partial charge in [-0.15, -0.1) is 0 Å². The SMILES string of the molecule is C[C@@H]1N/C(=C/C(=O)Nc2cccc3c2C(=O)c2ccccc2-3)[C@@H](O)[C@H](O)[C@@H]1O. The van der Waals surface area contributed by atoms with Gasteiger partial charge in [-0.25, -0.2) is 0 Å². The summed E-state index contributed by atoms with van der Waals surface area (Å²) in [6.07, 6.45) is -2.83. The lowest BCUT2D eigenvalue weighted by Crippen LogP contribution is -2.57. The summed E-state index contributed by atoms with van der Waals surface area (Å²) in [4.78, 5) is 25.3. The zero-order chi connectivity index (χ0) is 20.0. The molecule has 1 fully saturated rings. The fourth-order valence-corrected chi connectivity index (χ4v) is 3.71. The molecule has 0 unspecified atom stereocenters. The minimum absolute atomic E-state index is 0.102. The molecule has 2 aliphatic rings. The van der Waals surface area contributed by atoms with Gasteiger partial charge in [-0.1, -0.05) is 36.4 Å². The van der Waals surface area contributed by atoms with E-state index >= 15 is 0 Å². The maximum absolute atomic E-state index is 12.8. The maximum atomic E-state index is 12.8. The number of nitrogens with one attached hydrogen (secondary N) is 2. The maximum Gasteiger partial charge on any atom is 0.250 e. The van der Waals surface area contributed by atoms with Crippen LogP contribution in [0, 0.1) is 0 Å². The Morgan fingerprint density at radius 1 is 1.00 bits per heavy atom. The largest absolute Gasteiger partial charge is 0.388 e. The van der Waals surface area contributed by atoms with Crippen molar-refractivity contribution in [3.8, 4) is 11.1 Å². The lowest BCUT2D eigenvalue weighted by molar-refractivity contribution is -0.112. The Hall–Kier alpha value is -3.00. The van der Waals surface area contributed by atoms with Gasteiger partial charge >= 0.3 is 0 Å². The van der Waals surface area contributed by atoms with Crippen LogP contribution in [0.25, 0.3) is 11.1 Å². The van der Waals surface area contributed by atoms with Crippen LogP contribution in [0.2, 0.25) is 0 Å². The number of ketones is 1. The highest BCUT2D eigenvalue weighted by atomic mass is 16.4. The molecule has 28 heavy (non-hydrogen) atoms. The van der Waals surface area contributed by atoms with Crippen LogP contribution in [0.3, 0.4) is 0 Å². The minimum atomic E-state index is -1.41. The number of benzene rings is 2. The highest BCUT2D eigenvalue weighted by molar-refractivity contribution is 6.25. The molecule has 7 nitrogen and oxygen atoms in total. The second kappa shape index (κ2) is 6.87. The first-order valence-corrected chi connectivity index (χ1v) is 8.99. The predicted molar refractivity (Wildman–Crippen MR) is 103 cm³/mol. The molecule has 1 amide bonds. The van der Waals surface area contributed by atoms with Gasteiger partial charge in [-0.3, -0.25) is 9.59 Å². The molecule has 0 radical (unpaired) electrons. The second-order valence-corrected chi connectivity index (χ2v) is 7.05. The molecule has 4 rings (SSSR count). The van der Waals surface area contributed by atoms with Crippen LogP contribution in [-0.4, -0.2) is 51.4 Å². The molecule has 0 bridgehead atoms. The normalized spacial score (nSPS) is 27.1. The van der Waals surface area contributed by atoms with Gasteiger partial charge in [-0.05, 0) is 24.1 Å². The summed E-state index contributed by atoms with van der Waals surface area (Å²) in [5, 5.41) is 35.3. The monoisotopic (exact) mass is 380 g/mol. The first kappa shape index (κ1) is 18.4. The summed E-state index contributed by atoms with van der Waals surface area (Å²) in [5.41, 5.74) is 3.08. The average molecular weight is 380 g/mol. The van der Waals surface area contributed by atoms with Crippen LogP contribution in [0.4, 0.5) is 5.69 Å². The molecule has 0 aromatic heterocycles. The van der Waals surface area contributed by atoms with Crippen molar-refractivity contribution in [3.63, 3.8) is 0 Å². The molecule has 7 heteroatoms. The molecule has 144 valence electrons. The number of aliphatic hydroxyl groups is 3.